The van der Waals surface area contributed by atoms with E-state index in [9.17, 15) is 18.9 Å². The maximum atomic E-state index is 14.7. The Balaban J connectivity index is 1.22. The number of fused-ring (bicyclic) bond motifs is 1. The van der Waals surface area contributed by atoms with E-state index < -0.39 is 50.4 Å². The van der Waals surface area contributed by atoms with Crippen molar-refractivity contribution < 1.29 is 37.4 Å². The Morgan fingerprint density at radius 1 is 1.02 bits per heavy atom. The zero-order chi connectivity index (χ0) is 40.5. The van der Waals surface area contributed by atoms with Gasteiger partial charge in [0.25, 0.3) is 0 Å². The number of carbonyl (C=O) groups is 1. The number of anilines is 1. The van der Waals surface area contributed by atoms with Crippen molar-refractivity contribution in [2.24, 2.45) is 0 Å². The molecule has 57 heavy (non-hydrogen) atoms. The molecule has 13 nitrogen and oxygen atoms in total. The van der Waals surface area contributed by atoms with Gasteiger partial charge in [-0.05, 0) is 30.5 Å². The van der Waals surface area contributed by atoms with Crippen LogP contribution in [-0.2, 0) is 29.8 Å². The van der Waals surface area contributed by atoms with Gasteiger partial charge in [0.05, 0.1) is 12.9 Å². The van der Waals surface area contributed by atoms with Crippen molar-refractivity contribution in [2.45, 2.75) is 127 Å². The van der Waals surface area contributed by atoms with Gasteiger partial charge in [-0.25, -0.2) is 9.55 Å². The lowest BCUT2D eigenvalue weighted by atomic mass is 9.99. The van der Waals surface area contributed by atoms with E-state index in [0.717, 1.165) is 24.8 Å². The summed E-state index contributed by atoms with van der Waals surface area (Å²) < 4.78 is 54.0. The third-order valence-corrected chi connectivity index (χ3v) is 11.6. The minimum absolute atomic E-state index is 0.0340. The van der Waals surface area contributed by atoms with Gasteiger partial charge in [0.15, 0.2) is 22.6 Å². The van der Waals surface area contributed by atoms with E-state index in [1.54, 1.807) is 30.3 Å². The number of nitrogens with zero attached hydrogens (tertiary/aromatic N) is 4. The molecule has 0 unspecified atom stereocenters. The SMILES string of the molecule is C#C[C@]1(CO[P@](=O)(N[C@@H](Cc2ccccc2)C(=O)OCCCCCCCCCCCCCCC)Oc2ccccc2)O[C@@H](n2cnc3c(N)nc(F)nc32)C[C@@H]1O. The van der Waals surface area contributed by atoms with Crippen molar-refractivity contribution in [3.63, 3.8) is 0 Å². The van der Waals surface area contributed by atoms with Crippen LogP contribution in [0.1, 0.15) is 109 Å². The molecule has 2 aromatic carbocycles. The second-order valence-corrected chi connectivity index (χ2v) is 16.2. The van der Waals surface area contributed by atoms with E-state index in [1.165, 1.54) is 68.7 Å². The van der Waals surface area contributed by atoms with Gasteiger partial charge in [-0.2, -0.15) is 19.4 Å². The molecular formula is C42H56FN6O7P. The Morgan fingerprint density at radius 3 is 2.26 bits per heavy atom. The number of aromatic nitrogens is 4. The zero-order valence-corrected chi connectivity index (χ0v) is 33.7. The van der Waals surface area contributed by atoms with Crippen LogP contribution in [0, 0.1) is 18.4 Å². The number of aliphatic hydroxyl groups is 1. The number of imidazole rings is 1. The molecule has 308 valence electrons. The monoisotopic (exact) mass is 806 g/mol. The first-order valence-corrected chi connectivity index (χ1v) is 21.7. The summed E-state index contributed by atoms with van der Waals surface area (Å²) in [4.78, 5) is 25.1. The van der Waals surface area contributed by atoms with Gasteiger partial charge in [-0.3, -0.25) is 13.9 Å². The molecule has 0 bridgehead atoms. The van der Waals surface area contributed by atoms with E-state index in [-0.39, 0.29) is 42.2 Å². The first-order chi connectivity index (χ1) is 27.6. The van der Waals surface area contributed by atoms with Crippen molar-refractivity contribution >= 4 is 30.7 Å². The molecule has 5 rings (SSSR count). The number of halogens is 1. The number of terminal acetylenes is 1. The highest BCUT2D eigenvalue weighted by Crippen LogP contribution is 2.48. The number of nitrogen functional groups attached to an aromatic ring is 1. The molecule has 2 aromatic heterocycles. The summed E-state index contributed by atoms with van der Waals surface area (Å²) in [5.41, 5.74) is 4.94. The van der Waals surface area contributed by atoms with Crippen LogP contribution >= 0.6 is 7.75 Å². The first-order valence-electron chi connectivity index (χ1n) is 20.1. The van der Waals surface area contributed by atoms with Crippen LogP contribution in [0.15, 0.2) is 67.0 Å². The van der Waals surface area contributed by atoms with Crippen LogP contribution < -0.4 is 15.3 Å². The van der Waals surface area contributed by atoms with Crippen molar-refractivity contribution in [3.05, 3.63) is 78.6 Å². The molecule has 15 heteroatoms. The number of carbonyl (C=O) groups excluding carboxylic acids is 1. The van der Waals surface area contributed by atoms with Gasteiger partial charge in [0.1, 0.15) is 30.7 Å². The third-order valence-electron chi connectivity index (χ3n) is 10.1. The van der Waals surface area contributed by atoms with Gasteiger partial charge in [0, 0.05) is 6.42 Å². The Morgan fingerprint density at radius 2 is 1.63 bits per heavy atom. The number of benzene rings is 2. The number of aliphatic hydroxyl groups excluding tert-OH is 1. The second-order valence-electron chi connectivity index (χ2n) is 14.5. The number of nitrogens with two attached hydrogens (primary N) is 1. The number of hydrogen-bond acceptors (Lipinski definition) is 11. The van der Waals surface area contributed by atoms with Crippen molar-refractivity contribution in [1.29, 1.82) is 0 Å². The lowest BCUT2D eigenvalue weighted by molar-refractivity contribution is -0.146. The lowest BCUT2D eigenvalue weighted by Crippen LogP contribution is -2.44. The Kier molecular flexibility index (Phi) is 16.8. The summed E-state index contributed by atoms with van der Waals surface area (Å²) in [6.07, 6.45) is 19.5. The average Bonchev–Trinajstić information content (AvgIpc) is 3.78. The van der Waals surface area contributed by atoms with E-state index in [1.807, 2.05) is 30.3 Å². The highest BCUT2D eigenvalue weighted by atomic mass is 31.2. The number of nitrogens with one attached hydrogen (secondary N) is 1. The van der Waals surface area contributed by atoms with E-state index in [2.05, 4.69) is 32.9 Å². The largest absolute Gasteiger partial charge is 0.465 e. The van der Waals surface area contributed by atoms with Crippen LogP contribution in [0.25, 0.3) is 11.2 Å². The maximum Gasteiger partial charge on any atom is 0.459 e. The van der Waals surface area contributed by atoms with Gasteiger partial charge in [0.2, 0.25) is 0 Å². The van der Waals surface area contributed by atoms with Crippen LogP contribution in [0.3, 0.4) is 0 Å². The molecule has 3 heterocycles. The van der Waals surface area contributed by atoms with Crippen LogP contribution in [-0.4, -0.2) is 61.6 Å². The zero-order valence-electron chi connectivity index (χ0n) is 32.8. The smallest absolute Gasteiger partial charge is 0.459 e. The van der Waals surface area contributed by atoms with Crippen molar-refractivity contribution in [1.82, 2.24) is 24.6 Å². The Hall–Kier alpha value is -4.38. The van der Waals surface area contributed by atoms with Gasteiger partial charge in [-0.1, -0.05) is 138 Å². The number of ether oxygens (including phenoxy) is 2. The fourth-order valence-corrected chi connectivity index (χ4v) is 8.37. The molecule has 4 N–H and O–H groups in total. The second kappa shape index (κ2) is 22.0. The first kappa shape index (κ1) is 43.7. The standard InChI is InChI=1S/C42H56FN6O7P/c1-3-5-6-7-8-9-10-11-12-13-14-15-22-27-53-40(51)34(28-32-23-18-16-19-24-32)48-57(52,56-33-25-20-17-21-26-33)54-30-42(4-2)35(50)29-36(55-42)49-31-45-37-38(44)46-41(43)47-39(37)49/h2,16-21,23-26,31,34-36,50H,3,5-15,22,27-30H2,1H3,(H,48,52)(H2,44,46,47)/t34-,35-,36+,42+,57+/m0/s1. The maximum absolute atomic E-state index is 14.7. The fourth-order valence-electron chi connectivity index (χ4n) is 6.85. The number of rotatable bonds is 25. The minimum Gasteiger partial charge on any atom is -0.465 e. The summed E-state index contributed by atoms with van der Waals surface area (Å²) in [5.74, 6) is 1.86. The number of hydrogen-bond donors (Lipinski definition) is 3. The van der Waals surface area contributed by atoms with Crippen molar-refractivity contribution in [2.75, 3.05) is 18.9 Å². The van der Waals surface area contributed by atoms with Crippen LogP contribution in [0.5, 0.6) is 5.75 Å². The number of unbranched alkanes of at least 4 members (excludes halogenated alkanes) is 12. The highest BCUT2D eigenvalue weighted by Gasteiger charge is 2.50. The van der Waals surface area contributed by atoms with E-state index >= 15 is 0 Å². The molecule has 1 aliphatic heterocycles. The highest BCUT2D eigenvalue weighted by molar-refractivity contribution is 7.52. The molecule has 4 aromatic rings. The molecule has 0 spiro atoms. The Bertz CT molecular complexity index is 1930. The summed E-state index contributed by atoms with van der Waals surface area (Å²) in [6.45, 7) is 1.83. The lowest BCUT2D eigenvalue weighted by Gasteiger charge is -2.30. The van der Waals surface area contributed by atoms with Gasteiger partial charge < -0.3 is 24.8 Å². The molecule has 1 saturated heterocycles. The topological polar surface area (TPSA) is 173 Å². The van der Waals surface area contributed by atoms with Gasteiger partial charge in [-0.15, -0.1) is 6.42 Å². The van der Waals surface area contributed by atoms with E-state index in [0.29, 0.717) is 6.42 Å². The molecular weight excluding hydrogens is 750 g/mol. The molecule has 0 amide bonds. The molecule has 1 aliphatic rings. The van der Waals surface area contributed by atoms with Crippen molar-refractivity contribution in [3.8, 4) is 18.1 Å². The summed E-state index contributed by atoms with van der Waals surface area (Å²) in [6, 6.07) is 16.4. The van der Waals surface area contributed by atoms with Gasteiger partial charge >= 0.3 is 19.8 Å². The molecule has 1 fully saturated rings. The molecule has 5 atom stereocenters. The van der Waals surface area contributed by atoms with Crippen LogP contribution in [0.4, 0.5) is 10.2 Å². The predicted octanol–water partition coefficient (Wildman–Crippen LogP) is 8.24. The number of esters is 1. The fraction of sp³-hybridized carbons (Fsp3) is 0.524. The summed E-state index contributed by atoms with van der Waals surface area (Å²) in [7, 11) is -4.47. The van der Waals surface area contributed by atoms with Crippen LogP contribution in [0.2, 0.25) is 0 Å². The summed E-state index contributed by atoms with van der Waals surface area (Å²) >= 11 is 0. The average molecular weight is 807 g/mol. The molecule has 0 radical (unpaired) electrons. The molecule has 0 saturated carbocycles. The van der Waals surface area contributed by atoms with E-state index in [4.69, 9.17) is 30.7 Å². The third kappa shape index (κ3) is 12.8. The normalized spacial score (nSPS) is 19.5. The summed E-state index contributed by atoms with van der Waals surface area (Å²) in [5, 5.41) is 14.1. The predicted molar refractivity (Wildman–Crippen MR) is 216 cm³/mol. The Labute approximate surface area is 334 Å². The quantitative estimate of drug-likeness (QED) is 0.0193. The number of para-hydroxylation sites is 1. The molecule has 0 aliphatic carbocycles. The minimum atomic E-state index is -4.47.